The molecule has 0 aliphatic rings. The van der Waals surface area contributed by atoms with Gasteiger partial charge in [-0.25, -0.2) is 4.39 Å². The predicted octanol–water partition coefficient (Wildman–Crippen LogP) is 6.23. The topological polar surface area (TPSA) is 49.4 Å². The number of hydrogen-bond acceptors (Lipinski definition) is 2. The molecule has 7 heteroatoms. The molecule has 2 amide bonds. The van der Waals surface area contributed by atoms with Crippen LogP contribution in [0, 0.1) is 5.82 Å². The van der Waals surface area contributed by atoms with Crippen LogP contribution in [0.1, 0.15) is 37.5 Å². The van der Waals surface area contributed by atoms with E-state index in [4.69, 9.17) is 23.2 Å². The largest absolute Gasteiger partial charge is 0.350 e. The van der Waals surface area contributed by atoms with Crippen molar-refractivity contribution in [2.24, 2.45) is 0 Å². The minimum Gasteiger partial charge on any atom is -0.350 e. The van der Waals surface area contributed by atoms with E-state index in [2.05, 4.69) is 5.32 Å². The summed E-state index contributed by atoms with van der Waals surface area (Å²) in [6.45, 7) is 5.80. The smallest absolute Gasteiger partial charge is 0.243 e. The Hall–Kier alpha value is -2.89. The SMILES string of the molecule is CC(C)(C)NC(=O)C(Cc1ccccc1)N(Cc1ccc(Cl)cc1)C(=O)Cc1c(F)cccc1Cl. The average Bonchev–Trinajstić information content (AvgIpc) is 2.79. The van der Waals surface area contributed by atoms with Crippen LogP contribution in [0.4, 0.5) is 4.39 Å². The third-order valence-corrected chi connectivity index (χ3v) is 6.03. The molecule has 1 N–H and O–H groups in total. The van der Waals surface area contributed by atoms with Crippen molar-refractivity contribution < 1.29 is 14.0 Å². The van der Waals surface area contributed by atoms with E-state index in [0.717, 1.165) is 11.1 Å². The van der Waals surface area contributed by atoms with Gasteiger partial charge in [-0.15, -0.1) is 0 Å². The van der Waals surface area contributed by atoms with Gasteiger partial charge < -0.3 is 10.2 Å². The maximum absolute atomic E-state index is 14.5. The number of carbonyl (C=O) groups is 2. The molecule has 0 aliphatic heterocycles. The van der Waals surface area contributed by atoms with E-state index >= 15 is 0 Å². The second-order valence-electron chi connectivity index (χ2n) is 9.47. The first kappa shape index (κ1) is 26.7. The van der Waals surface area contributed by atoms with Gasteiger partial charge in [-0.05, 0) is 56.2 Å². The Morgan fingerprint density at radius 1 is 0.914 bits per heavy atom. The second-order valence-corrected chi connectivity index (χ2v) is 10.3. The van der Waals surface area contributed by atoms with Gasteiger partial charge in [-0.1, -0.05) is 71.7 Å². The first-order valence-electron chi connectivity index (χ1n) is 11.4. The molecule has 0 radical (unpaired) electrons. The van der Waals surface area contributed by atoms with Gasteiger partial charge in [0.15, 0.2) is 0 Å². The number of halogens is 3. The zero-order chi connectivity index (χ0) is 25.6. The van der Waals surface area contributed by atoms with Gasteiger partial charge in [0.2, 0.25) is 11.8 Å². The molecule has 0 fully saturated rings. The van der Waals surface area contributed by atoms with Crippen molar-refractivity contribution >= 4 is 35.0 Å². The summed E-state index contributed by atoms with van der Waals surface area (Å²) in [7, 11) is 0. The average molecular weight is 515 g/mol. The molecule has 0 aromatic heterocycles. The van der Waals surface area contributed by atoms with Crippen LogP contribution in [0.3, 0.4) is 0 Å². The quantitative estimate of drug-likeness (QED) is 0.387. The van der Waals surface area contributed by atoms with Crippen LogP contribution in [-0.2, 0) is 29.0 Å². The summed E-state index contributed by atoms with van der Waals surface area (Å²) in [5.41, 5.74) is 1.30. The van der Waals surface area contributed by atoms with E-state index < -0.39 is 23.3 Å². The Labute approximate surface area is 216 Å². The Kier molecular flexibility index (Phi) is 8.92. The lowest BCUT2D eigenvalue weighted by molar-refractivity contribution is -0.141. The van der Waals surface area contributed by atoms with Gasteiger partial charge in [0.1, 0.15) is 11.9 Å². The highest BCUT2D eigenvalue weighted by atomic mass is 35.5. The van der Waals surface area contributed by atoms with Crippen molar-refractivity contribution in [2.45, 2.75) is 51.7 Å². The molecular weight excluding hydrogens is 486 g/mol. The van der Waals surface area contributed by atoms with Crippen LogP contribution in [0.15, 0.2) is 72.8 Å². The first-order valence-corrected chi connectivity index (χ1v) is 12.1. The number of nitrogens with zero attached hydrogens (tertiary/aromatic N) is 1. The lowest BCUT2D eigenvalue weighted by Gasteiger charge is -2.34. The Morgan fingerprint density at radius 3 is 2.17 bits per heavy atom. The third kappa shape index (κ3) is 7.81. The summed E-state index contributed by atoms with van der Waals surface area (Å²) in [6.07, 6.45) is 0.0280. The van der Waals surface area contributed by atoms with Gasteiger partial charge in [0.05, 0.1) is 6.42 Å². The van der Waals surface area contributed by atoms with Crippen molar-refractivity contribution in [1.82, 2.24) is 10.2 Å². The number of nitrogens with one attached hydrogen (secondary N) is 1. The van der Waals surface area contributed by atoms with Gasteiger partial charge in [0.25, 0.3) is 0 Å². The molecule has 0 heterocycles. The molecule has 3 aromatic rings. The summed E-state index contributed by atoms with van der Waals surface area (Å²) >= 11 is 12.3. The predicted molar refractivity (Wildman–Crippen MR) is 139 cm³/mol. The summed E-state index contributed by atoms with van der Waals surface area (Å²) in [5.74, 6) is -1.25. The minimum absolute atomic E-state index is 0.106. The molecule has 35 heavy (non-hydrogen) atoms. The minimum atomic E-state index is -0.828. The maximum Gasteiger partial charge on any atom is 0.243 e. The molecule has 184 valence electrons. The molecule has 3 rings (SSSR count). The summed E-state index contributed by atoms with van der Waals surface area (Å²) in [5, 5.41) is 3.74. The zero-order valence-corrected chi connectivity index (χ0v) is 21.5. The van der Waals surface area contributed by atoms with Gasteiger partial charge in [-0.2, -0.15) is 0 Å². The number of rotatable bonds is 8. The fourth-order valence-corrected chi connectivity index (χ4v) is 4.10. The maximum atomic E-state index is 14.5. The first-order chi connectivity index (χ1) is 16.5. The molecule has 0 bridgehead atoms. The number of hydrogen-bond donors (Lipinski definition) is 1. The van der Waals surface area contributed by atoms with Gasteiger partial charge in [-0.3, -0.25) is 9.59 Å². The monoisotopic (exact) mass is 514 g/mol. The van der Waals surface area contributed by atoms with Gasteiger partial charge in [0, 0.05) is 34.1 Å². The van der Waals surface area contributed by atoms with E-state index in [9.17, 15) is 14.0 Å². The van der Waals surface area contributed by atoms with Gasteiger partial charge >= 0.3 is 0 Å². The number of amides is 2. The second kappa shape index (κ2) is 11.7. The van der Waals surface area contributed by atoms with Crippen molar-refractivity contribution in [3.05, 3.63) is 105 Å². The molecule has 4 nitrogen and oxygen atoms in total. The van der Waals surface area contributed by atoms with E-state index in [-0.39, 0.29) is 29.5 Å². The van der Waals surface area contributed by atoms with Crippen LogP contribution in [-0.4, -0.2) is 28.3 Å². The Balaban J connectivity index is 2.02. The van der Waals surface area contributed by atoms with Crippen molar-refractivity contribution in [3.63, 3.8) is 0 Å². The highest BCUT2D eigenvalue weighted by Crippen LogP contribution is 2.23. The normalized spacial score (nSPS) is 12.2. The molecule has 1 atom stereocenters. The molecule has 0 saturated carbocycles. The number of benzene rings is 3. The lowest BCUT2D eigenvalue weighted by atomic mass is 9.99. The fraction of sp³-hybridized carbons (Fsp3) is 0.286. The van der Waals surface area contributed by atoms with Crippen LogP contribution in [0.25, 0.3) is 0 Å². The standard InChI is InChI=1S/C28H29Cl2FN2O2/c1-28(2,3)32-27(35)25(16-19-8-5-4-6-9-19)33(18-20-12-14-21(29)15-13-20)26(34)17-22-23(30)10-7-11-24(22)31/h4-15,25H,16-18H2,1-3H3,(H,32,35). The van der Waals surface area contributed by atoms with Crippen LogP contribution in [0.2, 0.25) is 10.0 Å². The van der Waals surface area contributed by atoms with Crippen LogP contribution in [0.5, 0.6) is 0 Å². The molecule has 3 aromatic carbocycles. The van der Waals surface area contributed by atoms with Crippen molar-refractivity contribution in [1.29, 1.82) is 0 Å². The van der Waals surface area contributed by atoms with Crippen LogP contribution < -0.4 is 5.32 Å². The van der Waals surface area contributed by atoms with E-state index in [1.54, 1.807) is 30.3 Å². The fourth-order valence-electron chi connectivity index (χ4n) is 3.75. The molecule has 0 aliphatic carbocycles. The van der Waals surface area contributed by atoms with E-state index in [1.165, 1.54) is 17.0 Å². The molecule has 0 saturated heterocycles. The van der Waals surface area contributed by atoms with E-state index in [0.29, 0.717) is 11.4 Å². The summed E-state index contributed by atoms with van der Waals surface area (Å²) in [4.78, 5) is 28.7. The molecule has 1 unspecified atom stereocenters. The van der Waals surface area contributed by atoms with Crippen molar-refractivity contribution in [3.8, 4) is 0 Å². The highest BCUT2D eigenvalue weighted by molar-refractivity contribution is 6.31. The molecule has 0 spiro atoms. The van der Waals surface area contributed by atoms with Crippen LogP contribution >= 0.6 is 23.2 Å². The van der Waals surface area contributed by atoms with E-state index in [1.807, 2.05) is 51.1 Å². The summed E-state index contributed by atoms with van der Waals surface area (Å²) < 4.78 is 14.5. The third-order valence-electron chi connectivity index (χ3n) is 5.43. The number of carbonyl (C=O) groups excluding carboxylic acids is 2. The zero-order valence-electron chi connectivity index (χ0n) is 20.0. The highest BCUT2D eigenvalue weighted by Gasteiger charge is 2.32. The Bertz CT molecular complexity index is 1140. The molecular formula is C28H29Cl2FN2O2. The lowest BCUT2D eigenvalue weighted by Crippen LogP contribution is -2.54. The summed E-state index contributed by atoms with van der Waals surface area (Å²) in [6, 6.07) is 20.0. The van der Waals surface area contributed by atoms with Crippen molar-refractivity contribution in [2.75, 3.05) is 0 Å². The Morgan fingerprint density at radius 2 is 1.57 bits per heavy atom.